The fraction of sp³-hybridized carbons (Fsp3) is 0.303. The number of fused-ring (bicyclic) bond motifs is 1. The van der Waals surface area contributed by atoms with Crippen molar-refractivity contribution in [1.82, 2.24) is 24.9 Å². The molecular weight excluding hydrogens is 627 g/mol. The highest BCUT2D eigenvalue weighted by molar-refractivity contribution is 5.96. The summed E-state index contributed by atoms with van der Waals surface area (Å²) >= 11 is 0. The maximum absolute atomic E-state index is 15.7. The number of piperazine rings is 1. The van der Waals surface area contributed by atoms with Gasteiger partial charge in [-0.25, -0.2) is 14.3 Å². The van der Waals surface area contributed by atoms with Crippen LogP contribution in [0.25, 0.3) is 10.8 Å². The molecule has 1 atom stereocenters. The third-order valence-corrected chi connectivity index (χ3v) is 8.46. The number of piperidine rings is 1. The Morgan fingerprint density at radius 1 is 0.938 bits per heavy atom. The molecule has 1 N–H and O–H groups in total. The molecule has 0 spiro atoms. The zero-order valence-corrected chi connectivity index (χ0v) is 25.7. The topological polar surface area (TPSA) is 168 Å². The maximum atomic E-state index is 15.7. The first-order chi connectivity index (χ1) is 23.2. The number of amides is 3. The Kier molecular flexibility index (Phi) is 9.27. The van der Waals surface area contributed by atoms with E-state index in [0.29, 0.717) is 13.0 Å². The van der Waals surface area contributed by atoms with Gasteiger partial charge in [0.1, 0.15) is 18.0 Å². The van der Waals surface area contributed by atoms with Crippen LogP contribution >= 0.6 is 0 Å². The Morgan fingerprint density at radius 3 is 2.42 bits per heavy atom. The molecule has 4 aromatic rings. The molecule has 1 unspecified atom stereocenters. The quantitative estimate of drug-likeness (QED) is 0.226. The number of hydrogen-bond acceptors (Lipinski definition) is 9. The molecule has 3 amide bonds. The van der Waals surface area contributed by atoms with E-state index in [-0.39, 0.29) is 66.7 Å². The number of carbonyl (C=O) groups is 3. The summed E-state index contributed by atoms with van der Waals surface area (Å²) in [5.74, 6) is -2.49. The minimum absolute atomic E-state index is 0.00847. The first-order valence-electron chi connectivity index (χ1n) is 15.4. The van der Waals surface area contributed by atoms with Crippen LogP contribution in [0, 0.1) is 15.9 Å². The number of nitrogens with one attached hydrogen (secondary N) is 1. The molecule has 14 nitrogen and oxygen atoms in total. The molecule has 3 aromatic carbocycles. The summed E-state index contributed by atoms with van der Waals surface area (Å²) in [5, 5.41) is 17.1. The Morgan fingerprint density at radius 2 is 1.67 bits per heavy atom. The fourth-order valence-electron chi connectivity index (χ4n) is 5.98. The van der Waals surface area contributed by atoms with Crippen molar-refractivity contribution in [3.05, 3.63) is 104 Å². The summed E-state index contributed by atoms with van der Waals surface area (Å²) in [6.07, 6.45) is 1.50. The lowest BCUT2D eigenvalue weighted by Crippen LogP contribution is -2.57. The van der Waals surface area contributed by atoms with E-state index in [1.54, 1.807) is 4.90 Å². The van der Waals surface area contributed by atoms with Gasteiger partial charge >= 0.3 is 6.09 Å². The van der Waals surface area contributed by atoms with E-state index in [1.807, 2.05) is 30.3 Å². The van der Waals surface area contributed by atoms with E-state index in [1.165, 1.54) is 40.1 Å². The number of aromatic amines is 1. The van der Waals surface area contributed by atoms with Gasteiger partial charge < -0.3 is 19.3 Å². The van der Waals surface area contributed by atoms with Crippen LogP contribution in [0.2, 0.25) is 0 Å². The molecule has 248 valence electrons. The molecule has 48 heavy (non-hydrogen) atoms. The number of non-ortho nitro benzene ring substituents is 1. The Bertz CT molecular complexity index is 1930. The predicted octanol–water partition coefficient (Wildman–Crippen LogP) is 4.24. The number of nitrogens with zero attached hydrogens (tertiary/aromatic N) is 5. The second-order valence-corrected chi connectivity index (χ2v) is 11.4. The molecule has 2 aliphatic rings. The van der Waals surface area contributed by atoms with Gasteiger partial charge in [0.2, 0.25) is 11.8 Å². The van der Waals surface area contributed by atoms with Gasteiger partial charge in [0.05, 0.1) is 15.9 Å². The number of halogens is 1. The summed E-state index contributed by atoms with van der Waals surface area (Å²) in [5.41, 5.74) is -0.729. The van der Waals surface area contributed by atoms with Gasteiger partial charge in [-0.1, -0.05) is 42.5 Å². The number of rotatable bonds is 7. The van der Waals surface area contributed by atoms with Crippen LogP contribution in [0.1, 0.15) is 35.2 Å². The second kappa shape index (κ2) is 13.9. The van der Waals surface area contributed by atoms with Gasteiger partial charge in [0.15, 0.2) is 11.6 Å². The van der Waals surface area contributed by atoms with Crippen molar-refractivity contribution < 1.29 is 33.2 Å². The Labute approximate surface area is 272 Å². The molecule has 1 aromatic heterocycles. The van der Waals surface area contributed by atoms with Crippen molar-refractivity contribution in [2.75, 3.05) is 32.7 Å². The minimum atomic E-state index is -0.987. The first-order valence-corrected chi connectivity index (χ1v) is 15.4. The van der Waals surface area contributed by atoms with Crippen molar-refractivity contribution in [2.45, 2.75) is 31.9 Å². The van der Waals surface area contributed by atoms with E-state index >= 15 is 4.39 Å². The molecule has 15 heteroatoms. The molecule has 2 fully saturated rings. The highest BCUT2D eigenvalue weighted by Crippen LogP contribution is 2.32. The zero-order valence-electron chi connectivity index (χ0n) is 25.7. The number of aromatic nitrogens is 2. The Balaban J connectivity index is 1.11. The number of ether oxygens (including phenoxy) is 2. The molecular formula is C33H31FN6O8. The number of hydrogen-bond donors (Lipinski definition) is 1. The van der Waals surface area contributed by atoms with Crippen molar-refractivity contribution in [3.8, 4) is 11.6 Å². The second-order valence-electron chi connectivity index (χ2n) is 11.4. The van der Waals surface area contributed by atoms with E-state index in [9.17, 15) is 29.3 Å². The predicted molar refractivity (Wildman–Crippen MR) is 169 cm³/mol. The number of nitro benzene ring substituents is 1. The molecule has 6 rings (SSSR count). The van der Waals surface area contributed by atoms with Crippen molar-refractivity contribution in [3.63, 3.8) is 0 Å². The van der Waals surface area contributed by atoms with Crippen LogP contribution in [0.3, 0.4) is 0 Å². The van der Waals surface area contributed by atoms with Gasteiger partial charge in [-0.15, -0.1) is 5.10 Å². The standard InChI is InChI=1S/C33H31FN6O8/c34-28-23(11-7-14-26(28)48-30-22-10-6-13-24(40(45)46)27(22)29(41)35-36-30)31(42)37-16-18-38(19-17-37)32(43)25-12-4-5-15-39(25)33(44)47-20-21-8-2-1-3-9-21/h1-3,6-11,13-14,25H,4-5,12,15-20H2,(H,35,41). The third kappa shape index (κ3) is 6.52. The van der Waals surface area contributed by atoms with E-state index in [4.69, 9.17) is 9.47 Å². The molecule has 2 aliphatic heterocycles. The number of H-pyrrole nitrogens is 1. The van der Waals surface area contributed by atoms with Crippen molar-refractivity contribution >= 4 is 34.4 Å². The van der Waals surface area contributed by atoms with Gasteiger partial charge in [-0.05, 0) is 43.0 Å². The lowest BCUT2D eigenvalue weighted by molar-refractivity contribution is -0.383. The van der Waals surface area contributed by atoms with Crippen molar-refractivity contribution in [1.29, 1.82) is 0 Å². The van der Waals surface area contributed by atoms with Gasteiger partial charge in [0.25, 0.3) is 17.2 Å². The summed E-state index contributed by atoms with van der Waals surface area (Å²) in [7, 11) is 0. The number of benzene rings is 3. The number of likely N-dealkylation sites (tertiary alicyclic amines) is 1. The highest BCUT2D eigenvalue weighted by atomic mass is 19.1. The first kappa shape index (κ1) is 32.1. The van der Waals surface area contributed by atoms with Crippen LogP contribution in [0.5, 0.6) is 11.6 Å². The molecule has 0 aliphatic carbocycles. The summed E-state index contributed by atoms with van der Waals surface area (Å²) in [4.78, 5) is 67.5. The molecule has 3 heterocycles. The average molecular weight is 659 g/mol. The summed E-state index contributed by atoms with van der Waals surface area (Å²) in [6.45, 7) is 1.16. The largest absolute Gasteiger partial charge is 0.445 e. The van der Waals surface area contributed by atoms with Crippen LogP contribution in [0.4, 0.5) is 14.9 Å². The lowest BCUT2D eigenvalue weighted by atomic mass is 10.0. The van der Waals surface area contributed by atoms with Crippen LogP contribution < -0.4 is 10.3 Å². The van der Waals surface area contributed by atoms with Gasteiger partial charge in [-0.3, -0.25) is 29.4 Å². The van der Waals surface area contributed by atoms with E-state index in [2.05, 4.69) is 10.2 Å². The monoisotopic (exact) mass is 658 g/mol. The van der Waals surface area contributed by atoms with Crippen LogP contribution in [-0.4, -0.2) is 86.5 Å². The number of nitro groups is 1. The highest BCUT2D eigenvalue weighted by Gasteiger charge is 2.37. The van der Waals surface area contributed by atoms with Crippen LogP contribution in [-0.2, 0) is 16.1 Å². The van der Waals surface area contributed by atoms with Crippen LogP contribution in [0.15, 0.2) is 71.5 Å². The minimum Gasteiger partial charge on any atom is -0.445 e. The van der Waals surface area contributed by atoms with E-state index in [0.717, 1.165) is 24.5 Å². The van der Waals surface area contributed by atoms with Crippen molar-refractivity contribution in [2.24, 2.45) is 0 Å². The fourth-order valence-corrected chi connectivity index (χ4v) is 5.98. The third-order valence-electron chi connectivity index (χ3n) is 8.46. The maximum Gasteiger partial charge on any atom is 0.410 e. The smallest absolute Gasteiger partial charge is 0.410 e. The number of carbonyl (C=O) groups excluding carboxylic acids is 3. The Hall–Kier alpha value is -5.86. The summed E-state index contributed by atoms with van der Waals surface area (Å²) < 4.78 is 26.8. The lowest BCUT2D eigenvalue weighted by Gasteiger charge is -2.40. The molecule has 0 saturated carbocycles. The molecule has 2 saturated heterocycles. The summed E-state index contributed by atoms with van der Waals surface area (Å²) in [6, 6.07) is 16.5. The molecule has 0 radical (unpaired) electrons. The molecule has 0 bridgehead atoms. The van der Waals surface area contributed by atoms with Gasteiger partial charge in [-0.2, -0.15) is 0 Å². The SMILES string of the molecule is O=C(c1cccc(Oc2n[nH]c(=O)c3c([N+](=O)[O-])cccc23)c1F)N1CCN(C(=O)C2CCCCN2C(=O)OCc2ccccc2)CC1. The van der Waals surface area contributed by atoms with E-state index < -0.39 is 40.0 Å². The van der Waals surface area contributed by atoms with Gasteiger partial charge in [0, 0.05) is 38.8 Å². The normalized spacial score (nSPS) is 16.4. The zero-order chi connectivity index (χ0) is 33.8. The average Bonchev–Trinajstić information content (AvgIpc) is 3.12.